The van der Waals surface area contributed by atoms with Gasteiger partial charge in [-0.3, -0.25) is 4.79 Å². The van der Waals surface area contributed by atoms with Crippen molar-refractivity contribution in [2.45, 2.75) is 13.0 Å². The highest BCUT2D eigenvalue weighted by Gasteiger charge is 2.15. The van der Waals surface area contributed by atoms with Crippen LogP contribution in [0.25, 0.3) is 0 Å². The van der Waals surface area contributed by atoms with E-state index in [2.05, 4.69) is 21.2 Å². The first-order valence-electron chi connectivity index (χ1n) is 4.87. The van der Waals surface area contributed by atoms with Gasteiger partial charge in [-0.15, -0.1) is 0 Å². The molecule has 0 heterocycles. The van der Waals surface area contributed by atoms with Crippen molar-refractivity contribution in [3.8, 4) is 0 Å². The topological polar surface area (TPSA) is 86.6 Å². The number of aliphatic hydroxyl groups excluding tert-OH is 1. The van der Waals surface area contributed by atoms with Crippen LogP contribution in [0.5, 0.6) is 0 Å². The molecule has 0 fully saturated rings. The Bertz CT molecular complexity index is 447. The summed E-state index contributed by atoms with van der Waals surface area (Å²) >= 11 is 3.31. The van der Waals surface area contributed by atoms with Crippen molar-refractivity contribution < 1.29 is 19.8 Å². The smallest absolute Gasteiger partial charge is 0.334 e. The summed E-state index contributed by atoms with van der Waals surface area (Å²) in [5.74, 6) is -1.78. The Morgan fingerprint density at radius 2 is 2.12 bits per heavy atom. The number of amides is 1. The van der Waals surface area contributed by atoms with Crippen LogP contribution in [0.4, 0.5) is 0 Å². The molecule has 0 aromatic heterocycles. The van der Waals surface area contributed by atoms with E-state index in [0.29, 0.717) is 5.56 Å². The molecule has 0 saturated heterocycles. The molecule has 1 unspecified atom stereocenters. The van der Waals surface area contributed by atoms with E-state index in [4.69, 9.17) is 10.2 Å². The average Bonchev–Trinajstić information content (AvgIpc) is 2.28. The molecule has 3 N–H and O–H groups in total. The van der Waals surface area contributed by atoms with Gasteiger partial charge in [0.15, 0.2) is 6.10 Å². The molecule has 1 rings (SSSR count). The zero-order valence-electron chi connectivity index (χ0n) is 9.11. The van der Waals surface area contributed by atoms with Gasteiger partial charge in [-0.05, 0) is 30.7 Å². The Balaban J connectivity index is 2.64. The van der Waals surface area contributed by atoms with Gasteiger partial charge in [0.05, 0.1) is 6.54 Å². The van der Waals surface area contributed by atoms with Crippen molar-refractivity contribution in [1.82, 2.24) is 5.32 Å². The first kappa shape index (κ1) is 13.7. The maximum Gasteiger partial charge on any atom is 0.334 e. The summed E-state index contributed by atoms with van der Waals surface area (Å²) in [6.45, 7) is 1.52. The van der Waals surface area contributed by atoms with Gasteiger partial charge < -0.3 is 15.5 Å². The van der Waals surface area contributed by atoms with Crippen LogP contribution in [0.3, 0.4) is 0 Å². The lowest BCUT2D eigenvalue weighted by Crippen LogP contribution is -2.36. The van der Waals surface area contributed by atoms with Gasteiger partial charge in [-0.25, -0.2) is 4.79 Å². The van der Waals surface area contributed by atoms with Crippen LogP contribution in [-0.2, 0) is 4.79 Å². The molecule has 0 bridgehead atoms. The fraction of sp³-hybridized carbons (Fsp3) is 0.273. The number of aryl methyl sites for hydroxylation is 1. The standard InChI is InChI=1S/C11H12BrNO4/c1-6-4-7(2-3-8(6)12)10(15)13-5-9(14)11(16)17/h2-4,9,14H,5H2,1H3,(H,13,15)(H,16,17). The van der Waals surface area contributed by atoms with E-state index in [9.17, 15) is 9.59 Å². The quantitative estimate of drug-likeness (QED) is 0.772. The minimum atomic E-state index is -1.59. The first-order valence-corrected chi connectivity index (χ1v) is 5.66. The molecule has 1 aromatic carbocycles. The molecule has 92 valence electrons. The van der Waals surface area contributed by atoms with Gasteiger partial charge in [0.1, 0.15) is 0 Å². The maximum atomic E-state index is 11.6. The minimum Gasteiger partial charge on any atom is -0.479 e. The minimum absolute atomic E-state index is 0.316. The number of aliphatic hydroxyl groups is 1. The maximum absolute atomic E-state index is 11.6. The van der Waals surface area contributed by atoms with Crippen LogP contribution < -0.4 is 5.32 Å². The number of carbonyl (C=O) groups is 2. The Morgan fingerprint density at radius 3 is 2.65 bits per heavy atom. The van der Waals surface area contributed by atoms with E-state index in [1.807, 2.05) is 6.92 Å². The fourth-order valence-corrected chi connectivity index (χ4v) is 1.41. The summed E-state index contributed by atoms with van der Waals surface area (Å²) in [5, 5.41) is 19.8. The van der Waals surface area contributed by atoms with Crippen LogP contribution in [-0.4, -0.2) is 34.7 Å². The van der Waals surface area contributed by atoms with E-state index in [-0.39, 0.29) is 6.54 Å². The molecule has 1 aromatic rings. The second-order valence-corrected chi connectivity index (χ2v) is 4.38. The van der Waals surface area contributed by atoms with Crippen LogP contribution in [0.1, 0.15) is 15.9 Å². The third-order valence-corrected chi connectivity index (χ3v) is 3.05. The van der Waals surface area contributed by atoms with Crippen molar-refractivity contribution in [3.05, 3.63) is 33.8 Å². The number of hydrogen-bond acceptors (Lipinski definition) is 3. The third kappa shape index (κ3) is 3.83. The van der Waals surface area contributed by atoms with Crippen molar-refractivity contribution in [1.29, 1.82) is 0 Å². The van der Waals surface area contributed by atoms with E-state index in [1.165, 1.54) is 0 Å². The van der Waals surface area contributed by atoms with Crippen LogP contribution >= 0.6 is 15.9 Å². The molecular formula is C11H12BrNO4. The van der Waals surface area contributed by atoms with Gasteiger partial charge in [-0.1, -0.05) is 15.9 Å². The molecule has 0 spiro atoms. The molecule has 0 aliphatic carbocycles. The van der Waals surface area contributed by atoms with E-state index in [1.54, 1.807) is 18.2 Å². The third-order valence-electron chi connectivity index (χ3n) is 2.16. The zero-order chi connectivity index (χ0) is 13.0. The number of nitrogens with one attached hydrogen (secondary N) is 1. The summed E-state index contributed by atoms with van der Waals surface area (Å²) in [6.07, 6.45) is -1.59. The molecular weight excluding hydrogens is 290 g/mol. The molecule has 6 heteroatoms. The van der Waals surface area contributed by atoms with E-state index in [0.717, 1.165) is 10.0 Å². The highest BCUT2D eigenvalue weighted by molar-refractivity contribution is 9.10. The highest BCUT2D eigenvalue weighted by Crippen LogP contribution is 2.16. The SMILES string of the molecule is Cc1cc(C(=O)NCC(O)C(=O)O)ccc1Br. The molecule has 0 aliphatic rings. The number of aliphatic carboxylic acids is 1. The van der Waals surface area contributed by atoms with Crippen LogP contribution in [0, 0.1) is 6.92 Å². The van der Waals surface area contributed by atoms with Crippen LogP contribution in [0.15, 0.2) is 22.7 Å². The average molecular weight is 302 g/mol. The lowest BCUT2D eigenvalue weighted by atomic mass is 10.1. The Labute approximate surface area is 107 Å². The van der Waals surface area contributed by atoms with Crippen molar-refractivity contribution >= 4 is 27.8 Å². The summed E-state index contributed by atoms with van der Waals surface area (Å²) in [5.41, 5.74) is 1.32. The predicted octanol–water partition coefficient (Wildman–Crippen LogP) is 0.933. The second-order valence-electron chi connectivity index (χ2n) is 3.53. The first-order chi connectivity index (χ1) is 7.91. The molecule has 0 aliphatic heterocycles. The predicted molar refractivity (Wildman–Crippen MR) is 64.9 cm³/mol. The number of carboxylic acids is 1. The summed E-state index contributed by atoms with van der Waals surface area (Å²) in [6, 6.07) is 5.02. The highest BCUT2D eigenvalue weighted by atomic mass is 79.9. The Kier molecular flexibility index (Phi) is 4.65. The normalized spacial score (nSPS) is 11.9. The van der Waals surface area contributed by atoms with E-state index < -0.39 is 18.0 Å². The zero-order valence-corrected chi connectivity index (χ0v) is 10.7. The second kappa shape index (κ2) is 5.79. The molecule has 1 amide bonds. The summed E-state index contributed by atoms with van der Waals surface area (Å²) < 4.78 is 0.889. The lowest BCUT2D eigenvalue weighted by Gasteiger charge is -2.08. The van der Waals surface area contributed by atoms with Crippen molar-refractivity contribution in [2.75, 3.05) is 6.54 Å². The molecule has 0 radical (unpaired) electrons. The van der Waals surface area contributed by atoms with Crippen molar-refractivity contribution in [3.63, 3.8) is 0 Å². The summed E-state index contributed by atoms with van der Waals surface area (Å²) in [7, 11) is 0. The van der Waals surface area contributed by atoms with E-state index >= 15 is 0 Å². The number of carbonyl (C=O) groups excluding carboxylic acids is 1. The number of benzene rings is 1. The number of carboxylic acid groups (broad SMARTS) is 1. The van der Waals surface area contributed by atoms with Gasteiger partial charge in [0.2, 0.25) is 0 Å². The van der Waals surface area contributed by atoms with Gasteiger partial charge in [0, 0.05) is 10.0 Å². The number of hydrogen-bond donors (Lipinski definition) is 3. The molecule has 0 saturated carbocycles. The van der Waals surface area contributed by atoms with Gasteiger partial charge in [0.25, 0.3) is 5.91 Å². The lowest BCUT2D eigenvalue weighted by molar-refractivity contribution is -0.146. The Hall–Kier alpha value is -1.40. The fourth-order valence-electron chi connectivity index (χ4n) is 1.16. The van der Waals surface area contributed by atoms with Crippen LogP contribution in [0.2, 0.25) is 0 Å². The number of rotatable bonds is 4. The summed E-state index contributed by atoms with van der Waals surface area (Å²) in [4.78, 5) is 21.9. The van der Waals surface area contributed by atoms with Gasteiger partial charge >= 0.3 is 5.97 Å². The monoisotopic (exact) mass is 301 g/mol. The Morgan fingerprint density at radius 1 is 1.47 bits per heavy atom. The molecule has 17 heavy (non-hydrogen) atoms. The number of halogens is 1. The largest absolute Gasteiger partial charge is 0.479 e. The molecule has 1 atom stereocenters. The van der Waals surface area contributed by atoms with Crippen molar-refractivity contribution in [2.24, 2.45) is 0 Å². The van der Waals surface area contributed by atoms with Gasteiger partial charge in [-0.2, -0.15) is 0 Å². The molecule has 5 nitrogen and oxygen atoms in total.